The average molecular weight is 407 g/mol. The predicted molar refractivity (Wildman–Crippen MR) is 101 cm³/mol. The number of imidazole rings is 1. The third kappa shape index (κ3) is 4.50. The molecule has 1 atom stereocenters. The van der Waals surface area contributed by atoms with Crippen molar-refractivity contribution in [2.45, 2.75) is 25.8 Å². The van der Waals surface area contributed by atoms with Crippen LogP contribution < -0.4 is 11.1 Å². The van der Waals surface area contributed by atoms with Crippen molar-refractivity contribution in [2.75, 3.05) is 20.1 Å². The van der Waals surface area contributed by atoms with Gasteiger partial charge in [-0.3, -0.25) is 9.79 Å². The van der Waals surface area contributed by atoms with E-state index in [2.05, 4.69) is 36.1 Å². The van der Waals surface area contributed by atoms with E-state index in [-0.39, 0.29) is 5.91 Å². The highest BCUT2D eigenvalue weighted by Crippen LogP contribution is 2.19. The summed E-state index contributed by atoms with van der Waals surface area (Å²) in [5, 5.41) is 3.38. The van der Waals surface area contributed by atoms with Crippen LogP contribution in [0.15, 0.2) is 34.0 Å². The summed E-state index contributed by atoms with van der Waals surface area (Å²) >= 11 is 3.47. The number of fused-ring (bicyclic) bond motifs is 1. The van der Waals surface area contributed by atoms with Gasteiger partial charge in [0.15, 0.2) is 5.96 Å². The summed E-state index contributed by atoms with van der Waals surface area (Å²) in [5.74, 6) is 0.912. The van der Waals surface area contributed by atoms with Crippen LogP contribution in [0.4, 0.5) is 0 Å². The number of rotatable bonds is 4. The highest BCUT2D eigenvalue weighted by atomic mass is 79.9. The molecular weight excluding hydrogens is 384 g/mol. The number of hydrogen-bond donors (Lipinski definition) is 2. The lowest BCUT2D eigenvalue weighted by Gasteiger charge is -2.34. The van der Waals surface area contributed by atoms with Gasteiger partial charge >= 0.3 is 0 Å². The first-order valence-corrected chi connectivity index (χ1v) is 9.21. The molecule has 0 spiro atoms. The highest BCUT2D eigenvalue weighted by Gasteiger charge is 2.23. The molecule has 0 saturated carbocycles. The number of primary amides is 1. The van der Waals surface area contributed by atoms with Gasteiger partial charge in [0.2, 0.25) is 5.91 Å². The number of aliphatic imine (C=N–C) groups is 1. The number of nitrogens with two attached hydrogens (primary N) is 1. The summed E-state index contributed by atoms with van der Waals surface area (Å²) in [6, 6.07) is 3.95. The van der Waals surface area contributed by atoms with Crippen molar-refractivity contribution < 1.29 is 4.79 Å². The molecule has 8 heteroatoms. The fourth-order valence-electron chi connectivity index (χ4n) is 3.31. The number of halogens is 1. The van der Waals surface area contributed by atoms with E-state index in [1.54, 1.807) is 7.05 Å². The number of likely N-dealkylation sites (tertiary alicyclic amines) is 1. The monoisotopic (exact) mass is 406 g/mol. The Morgan fingerprint density at radius 1 is 1.48 bits per heavy atom. The van der Waals surface area contributed by atoms with Crippen LogP contribution in [0, 0.1) is 5.92 Å². The third-order valence-electron chi connectivity index (χ3n) is 4.41. The van der Waals surface area contributed by atoms with E-state index < -0.39 is 0 Å². The van der Waals surface area contributed by atoms with E-state index in [1.807, 2.05) is 28.9 Å². The van der Waals surface area contributed by atoms with Gasteiger partial charge in [0, 0.05) is 43.4 Å². The number of guanidine groups is 1. The minimum atomic E-state index is -0.231. The van der Waals surface area contributed by atoms with Crippen LogP contribution in [0.25, 0.3) is 5.65 Å². The number of nitrogens with one attached hydrogen (secondary N) is 1. The summed E-state index contributed by atoms with van der Waals surface area (Å²) in [6.07, 6.45) is 6.51. The molecule has 3 N–H and O–H groups in total. The molecule has 7 nitrogen and oxygen atoms in total. The molecule has 1 fully saturated rings. The predicted octanol–water partition coefficient (Wildman–Crippen LogP) is 1.76. The molecule has 1 aliphatic heterocycles. The van der Waals surface area contributed by atoms with Gasteiger partial charge in [-0.1, -0.05) is 0 Å². The molecule has 134 valence electrons. The normalized spacial score (nSPS) is 18.6. The van der Waals surface area contributed by atoms with Gasteiger partial charge in [-0.15, -0.1) is 0 Å². The molecule has 1 aliphatic rings. The number of nitrogens with zero attached hydrogens (tertiary/aromatic N) is 4. The first-order chi connectivity index (χ1) is 12.0. The number of aromatic nitrogens is 2. The first kappa shape index (κ1) is 17.7. The summed E-state index contributed by atoms with van der Waals surface area (Å²) in [6.45, 7) is 2.34. The highest BCUT2D eigenvalue weighted by molar-refractivity contribution is 9.10. The second-order valence-corrected chi connectivity index (χ2v) is 7.29. The quantitative estimate of drug-likeness (QED) is 0.597. The zero-order valence-electron chi connectivity index (χ0n) is 14.3. The molecule has 2 aromatic heterocycles. The number of carbonyl (C=O) groups is 1. The van der Waals surface area contributed by atoms with Crippen LogP contribution in [0.1, 0.15) is 25.0 Å². The minimum Gasteiger partial charge on any atom is -0.370 e. The van der Waals surface area contributed by atoms with Crippen LogP contribution in [0.5, 0.6) is 0 Å². The minimum absolute atomic E-state index is 0.231. The van der Waals surface area contributed by atoms with E-state index in [4.69, 9.17) is 5.73 Å². The van der Waals surface area contributed by atoms with Crippen molar-refractivity contribution in [2.24, 2.45) is 16.6 Å². The van der Waals surface area contributed by atoms with Crippen LogP contribution in [0.3, 0.4) is 0 Å². The largest absolute Gasteiger partial charge is 0.370 e. The lowest BCUT2D eigenvalue weighted by atomic mass is 9.95. The number of hydrogen-bond acceptors (Lipinski definition) is 3. The Balaban J connectivity index is 1.62. The van der Waals surface area contributed by atoms with Gasteiger partial charge in [-0.2, -0.15) is 0 Å². The van der Waals surface area contributed by atoms with Crippen molar-refractivity contribution in [3.8, 4) is 0 Å². The summed E-state index contributed by atoms with van der Waals surface area (Å²) in [4.78, 5) is 22.4. The SMILES string of the molecule is CN=C(NCc1cn2cc(Br)ccc2n1)N1CCCC(CC(N)=O)C1. The number of amides is 1. The molecule has 1 unspecified atom stereocenters. The molecule has 1 saturated heterocycles. The molecule has 2 aromatic rings. The van der Waals surface area contributed by atoms with E-state index in [0.717, 1.165) is 47.7 Å². The van der Waals surface area contributed by atoms with E-state index >= 15 is 0 Å². The van der Waals surface area contributed by atoms with Crippen LogP contribution in [-0.2, 0) is 11.3 Å². The Bertz CT molecular complexity index is 787. The number of pyridine rings is 1. The summed E-state index contributed by atoms with van der Waals surface area (Å²) < 4.78 is 3.01. The molecule has 0 radical (unpaired) electrons. The standard InChI is InChI=1S/C17H23BrN6O/c1-20-17(23-6-2-3-12(9-23)7-15(19)25)21-8-14-11-24-10-13(18)4-5-16(24)22-14/h4-5,10-12H,2-3,6-9H2,1H3,(H2,19,25)(H,20,21). The van der Waals surface area contributed by atoms with Crippen molar-refractivity contribution in [1.82, 2.24) is 19.6 Å². The fraction of sp³-hybridized carbons (Fsp3) is 0.471. The van der Waals surface area contributed by atoms with Gasteiger partial charge in [0.1, 0.15) is 5.65 Å². The van der Waals surface area contributed by atoms with Crippen molar-refractivity contribution >= 4 is 33.4 Å². The molecule has 0 aliphatic carbocycles. The van der Waals surface area contributed by atoms with Crippen LogP contribution in [0.2, 0.25) is 0 Å². The lowest BCUT2D eigenvalue weighted by molar-refractivity contribution is -0.119. The Morgan fingerprint density at radius 2 is 2.32 bits per heavy atom. The Kier molecular flexibility index (Phi) is 5.57. The zero-order chi connectivity index (χ0) is 17.8. The van der Waals surface area contributed by atoms with E-state index in [9.17, 15) is 4.79 Å². The van der Waals surface area contributed by atoms with Crippen molar-refractivity contribution in [3.63, 3.8) is 0 Å². The maximum atomic E-state index is 11.2. The number of piperidine rings is 1. The average Bonchev–Trinajstić information content (AvgIpc) is 2.97. The Morgan fingerprint density at radius 3 is 3.08 bits per heavy atom. The molecular formula is C17H23BrN6O. The van der Waals surface area contributed by atoms with Crippen molar-refractivity contribution in [3.05, 3.63) is 34.7 Å². The van der Waals surface area contributed by atoms with Gasteiger partial charge in [-0.05, 0) is 46.8 Å². The van der Waals surface area contributed by atoms with E-state index in [1.165, 1.54) is 0 Å². The Hall–Kier alpha value is -2.09. The van der Waals surface area contributed by atoms with Crippen LogP contribution >= 0.6 is 15.9 Å². The third-order valence-corrected chi connectivity index (χ3v) is 4.88. The molecule has 25 heavy (non-hydrogen) atoms. The van der Waals surface area contributed by atoms with Gasteiger partial charge in [0.05, 0.1) is 12.2 Å². The second-order valence-electron chi connectivity index (χ2n) is 6.37. The molecule has 1 amide bonds. The maximum absolute atomic E-state index is 11.2. The maximum Gasteiger partial charge on any atom is 0.217 e. The number of carbonyl (C=O) groups excluding carboxylic acids is 1. The smallest absolute Gasteiger partial charge is 0.217 e. The van der Waals surface area contributed by atoms with E-state index in [0.29, 0.717) is 18.9 Å². The summed E-state index contributed by atoms with van der Waals surface area (Å²) in [5.41, 5.74) is 7.20. The molecule has 0 aromatic carbocycles. The Labute approximate surface area is 155 Å². The molecule has 0 bridgehead atoms. The van der Waals surface area contributed by atoms with Crippen molar-refractivity contribution in [1.29, 1.82) is 0 Å². The second kappa shape index (κ2) is 7.86. The fourth-order valence-corrected chi connectivity index (χ4v) is 3.67. The first-order valence-electron chi connectivity index (χ1n) is 8.42. The van der Waals surface area contributed by atoms with Gasteiger partial charge in [0.25, 0.3) is 0 Å². The van der Waals surface area contributed by atoms with Crippen LogP contribution in [-0.4, -0.2) is 46.3 Å². The zero-order valence-corrected chi connectivity index (χ0v) is 15.9. The van der Waals surface area contributed by atoms with Gasteiger partial charge in [-0.25, -0.2) is 4.98 Å². The van der Waals surface area contributed by atoms with Gasteiger partial charge < -0.3 is 20.4 Å². The topological polar surface area (TPSA) is 88.0 Å². The summed E-state index contributed by atoms with van der Waals surface area (Å²) in [7, 11) is 1.78. The lowest BCUT2D eigenvalue weighted by Crippen LogP contribution is -2.46. The molecule has 3 rings (SSSR count). The molecule has 3 heterocycles.